The average molecular weight is 272 g/mol. The largest absolute Gasteiger partial charge is 0.372 e. The minimum atomic E-state index is -0.476. The molecule has 66 valence electrons. The lowest BCUT2D eigenvalue weighted by molar-refractivity contribution is -0.202. The first-order valence-corrected chi connectivity index (χ1v) is 5.07. The zero-order valence-electron chi connectivity index (χ0n) is 6.80. The van der Waals surface area contributed by atoms with Gasteiger partial charge in [0.15, 0.2) is 5.79 Å². The first-order valence-electron chi connectivity index (χ1n) is 3.54. The molecule has 1 aliphatic rings. The van der Waals surface area contributed by atoms with Crippen molar-refractivity contribution in [3.8, 4) is 0 Å². The molecule has 1 fully saturated rings. The third-order valence-corrected chi connectivity index (χ3v) is 2.98. The van der Waals surface area contributed by atoms with Gasteiger partial charge in [-0.2, -0.15) is 0 Å². The summed E-state index contributed by atoms with van der Waals surface area (Å²) >= 11 is 2.30. The van der Waals surface area contributed by atoms with Crippen molar-refractivity contribution in [3.63, 3.8) is 0 Å². The topological polar surface area (TPSA) is 27.7 Å². The molecule has 0 aromatic rings. The highest BCUT2D eigenvalue weighted by Crippen LogP contribution is 2.28. The Hall–Kier alpha value is 0.610. The highest BCUT2D eigenvalue weighted by molar-refractivity contribution is 14.1. The van der Waals surface area contributed by atoms with Crippen molar-refractivity contribution in [3.05, 3.63) is 0 Å². The second-order valence-corrected chi connectivity index (χ2v) is 3.49. The van der Waals surface area contributed by atoms with E-state index >= 15 is 0 Å². The molecule has 1 rings (SSSR count). The molecule has 1 saturated heterocycles. The van der Waals surface area contributed by atoms with Gasteiger partial charge in [-0.1, -0.05) is 22.6 Å². The molecule has 0 aromatic heterocycles. The van der Waals surface area contributed by atoms with E-state index in [0.717, 1.165) is 10.8 Å². The van der Waals surface area contributed by atoms with Crippen LogP contribution in [-0.2, 0) is 14.2 Å². The Labute approximate surface area is 80.5 Å². The lowest BCUT2D eigenvalue weighted by Gasteiger charge is -2.23. The molecule has 1 aliphatic heterocycles. The summed E-state index contributed by atoms with van der Waals surface area (Å²) in [6, 6.07) is 0. The molecule has 0 amide bonds. The van der Waals surface area contributed by atoms with Gasteiger partial charge in [0.2, 0.25) is 0 Å². The third-order valence-electron chi connectivity index (χ3n) is 1.99. The smallest absolute Gasteiger partial charge is 0.193 e. The van der Waals surface area contributed by atoms with Crippen LogP contribution in [0.3, 0.4) is 0 Å². The number of hydrogen-bond acceptors (Lipinski definition) is 3. The Bertz CT molecular complexity index is 125. The van der Waals surface area contributed by atoms with Crippen LogP contribution in [0.15, 0.2) is 0 Å². The second kappa shape index (κ2) is 4.02. The Morgan fingerprint density at radius 3 is 2.45 bits per heavy atom. The predicted octanol–water partition coefficient (Wildman–Crippen LogP) is 1.20. The van der Waals surface area contributed by atoms with Crippen molar-refractivity contribution in [2.75, 3.05) is 25.3 Å². The Balaban J connectivity index is 2.48. The summed E-state index contributed by atoms with van der Waals surface area (Å²) in [7, 11) is 3.31. The van der Waals surface area contributed by atoms with E-state index in [2.05, 4.69) is 22.6 Å². The average Bonchev–Trinajstić information content (AvgIpc) is 2.49. The summed E-state index contributed by atoms with van der Waals surface area (Å²) in [5.41, 5.74) is 0. The van der Waals surface area contributed by atoms with Crippen LogP contribution < -0.4 is 0 Å². The molecule has 0 N–H and O–H groups in total. The van der Waals surface area contributed by atoms with Crippen molar-refractivity contribution >= 4 is 22.6 Å². The molecule has 3 nitrogen and oxygen atoms in total. The van der Waals surface area contributed by atoms with E-state index < -0.39 is 5.79 Å². The van der Waals surface area contributed by atoms with Gasteiger partial charge in [0.05, 0.1) is 6.10 Å². The van der Waals surface area contributed by atoms with Crippen LogP contribution in [0.1, 0.15) is 6.42 Å². The number of rotatable bonds is 3. The summed E-state index contributed by atoms with van der Waals surface area (Å²) in [5.74, 6) is -0.476. The van der Waals surface area contributed by atoms with Gasteiger partial charge in [-0.3, -0.25) is 0 Å². The van der Waals surface area contributed by atoms with E-state index in [1.54, 1.807) is 14.2 Å². The van der Waals surface area contributed by atoms with Gasteiger partial charge in [0.25, 0.3) is 0 Å². The maximum atomic E-state index is 5.44. The quantitative estimate of drug-likeness (QED) is 0.439. The maximum absolute atomic E-state index is 5.44. The van der Waals surface area contributed by atoms with Gasteiger partial charge in [-0.25, -0.2) is 0 Å². The van der Waals surface area contributed by atoms with Crippen LogP contribution in [0, 0.1) is 0 Å². The fourth-order valence-corrected chi connectivity index (χ4v) is 1.74. The Morgan fingerprint density at radius 2 is 2.18 bits per heavy atom. The Morgan fingerprint density at radius 1 is 1.55 bits per heavy atom. The van der Waals surface area contributed by atoms with Gasteiger partial charge in [0, 0.05) is 25.1 Å². The van der Waals surface area contributed by atoms with Gasteiger partial charge >= 0.3 is 0 Å². The third kappa shape index (κ3) is 2.05. The summed E-state index contributed by atoms with van der Waals surface area (Å²) < 4.78 is 16.9. The molecule has 1 unspecified atom stereocenters. The highest BCUT2D eigenvalue weighted by atomic mass is 127. The van der Waals surface area contributed by atoms with Crippen LogP contribution in [0.5, 0.6) is 0 Å². The number of ether oxygens (including phenoxy) is 3. The van der Waals surface area contributed by atoms with Crippen LogP contribution in [0.2, 0.25) is 0 Å². The minimum absolute atomic E-state index is 0.287. The normalized spacial score (nSPS) is 29.2. The summed E-state index contributed by atoms with van der Waals surface area (Å²) in [6.07, 6.45) is 1.12. The molecule has 11 heavy (non-hydrogen) atoms. The first kappa shape index (κ1) is 9.70. The number of methoxy groups -OCH3 is 2. The van der Waals surface area contributed by atoms with Crippen LogP contribution in [0.4, 0.5) is 0 Å². The highest BCUT2D eigenvalue weighted by Gasteiger charge is 2.40. The van der Waals surface area contributed by atoms with Crippen LogP contribution in [0.25, 0.3) is 0 Å². The molecular weight excluding hydrogens is 259 g/mol. The summed E-state index contributed by atoms with van der Waals surface area (Å²) in [4.78, 5) is 0. The van der Waals surface area contributed by atoms with E-state index in [9.17, 15) is 0 Å². The molecule has 1 heterocycles. The van der Waals surface area contributed by atoms with Crippen molar-refractivity contribution in [2.45, 2.75) is 18.3 Å². The lowest BCUT2D eigenvalue weighted by atomic mass is 10.2. The number of halogens is 1. The molecule has 0 spiro atoms. The van der Waals surface area contributed by atoms with E-state index in [0.29, 0.717) is 6.61 Å². The fraction of sp³-hybridized carbons (Fsp3) is 1.00. The SMILES string of the molecule is COC1(OC)COC(CI)C1. The van der Waals surface area contributed by atoms with Crippen LogP contribution in [-0.4, -0.2) is 37.1 Å². The molecular formula is C7H13IO3. The molecule has 0 bridgehead atoms. The molecule has 0 aliphatic carbocycles. The molecule has 4 heteroatoms. The summed E-state index contributed by atoms with van der Waals surface area (Å²) in [6.45, 7) is 0.549. The van der Waals surface area contributed by atoms with E-state index in [4.69, 9.17) is 14.2 Å². The lowest BCUT2D eigenvalue weighted by Crippen LogP contribution is -2.34. The standard InChI is InChI=1S/C7H13IO3/c1-9-7(10-2)3-6(4-8)11-5-7/h6H,3-5H2,1-2H3. The second-order valence-electron chi connectivity index (χ2n) is 2.61. The zero-order chi connectivity index (χ0) is 8.32. The van der Waals surface area contributed by atoms with Gasteiger partial charge in [-0.05, 0) is 0 Å². The predicted molar refractivity (Wildman–Crippen MR) is 50.0 cm³/mol. The van der Waals surface area contributed by atoms with Crippen molar-refractivity contribution in [2.24, 2.45) is 0 Å². The first-order chi connectivity index (χ1) is 5.26. The van der Waals surface area contributed by atoms with E-state index in [1.807, 2.05) is 0 Å². The van der Waals surface area contributed by atoms with E-state index in [-0.39, 0.29) is 6.10 Å². The minimum Gasteiger partial charge on any atom is -0.372 e. The number of hydrogen-bond donors (Lipinski definition) is 0. The van der Waals surface area contributed by atoms with Crippen molar-refractivity contribution in [1.29, 1.82) is 0 Å². The molecule has 0 aromatic carbocycles. The van der Waals surface area contributed by atoms with Gasteiger partial charge in [-0.15, -0.1) is 0 Å². The fourth-order valence-electron chi connectivity index (χ4n) is 1.18. The van der Waals surface area contributed by atoms with Gasteiger partial charge in [0.1, 0.15) is 6.61 Å². The van der Waals surface area contributed by atoms with Gasteiger partial charge < -0.3 is 14.2 Å². The van der Waals surface area contributed by atoms with E-state index in [1.165, 1.54) is 0 Å². The molecule has 0 saturated carbocycles. The number of alkyl halides is 1. The van der Waals surface area contributed by atoms with Crippen LogP contribution >= 0.6 is 22.6 Å². The summed E-state index contributed by atoms with van der Waals surface area (Å²) in [5, 5.41) is 0. The monoisotopic (exact) mass is 272 g/mol. The zero-order valence-corrected chi connectivity index (χ0v) is 8.96. The molecule has 0 radical (unpaired) electrons. The maximum Gasteiger partial charge on any atom is 0.193 e. The van der Waals surface area contributed by atoms with Crippen molar-refractivity contribution < 1.29 is 14.2 Å². The van der Waals surface area contributed by atoms with Crippen molar-refractivity contribution in [1.82, 2.24) is 0 Å². The Kier molecular flexibility index (Phi) is 3.54. The molecule has 1 atom stereocenters.